The minimum absolute atomic E-state index is 0.117. The molecule has 0 aromatic heterocycles. The van der Waals surface area contributed by atoms with Gasteiger partial charge in [0, 0.05) is 17.9 Å². The number of amides is 2. The topological polar surface area (TPSA) is 155 Å². The van der Waals surface area contributed by atoms with Crippen LogP contribution >= 0.6 is 0 Å². The van der Waals surface area contributed by atoms with Gasteiger partial charge in [0.25, 0.3) is 0 Å². The smallest absolute Gasteiger partial charge is 0.332 e. The summed E-state index contributed by atoms with van der Waals surface area (Å²) >= 11 is 0. The summed E-state index contributed by atoms with van der Waals surface area (Å²) in [5, 5.41) is 5.28. The Morgan fingerprint density at radius 1 is 1.16 bits per heavy atom. The van der Waals surface area contributed by atoms with Gasteiger partial charge in [0.15, 0.2) is 0 Å². The van der Waals surface area contributed by atoms with Crippen LogP contribution in [0, 0.1) is 6.92 Å². The number of hydrogen-bond donors (Lipinski definition) is 4. The second kappa shape index (κ2) is 8.46. The van der Waals surface area contributed by atoms with Gasteiger partial charge in [0.1, 0.15) is 10.6 Å². The van der Waals surface area contributed by atoms with Gasteiger partial charge in [-0.3, -0.25) is 4.90 Å². The van der Waals surface area contributed by atoms with Crippen LogP contribution < -0.4 is 27.0 Å². The highest BCUT2D eigenvalue weighted by atomic mass is 32.3. The van der Waals surface area contributed by atoms with Crippen molar-refractivity contribution in [3.05, 3.63) is 53.6 Å². The molecule has 3 rings (SSSR count). The Morgan fingerprint density at radius 2 is 1.81 bits per heavy atom. The normalized spacial score (nSPS) is 15.6. The molecule has 0 saturated heterocycles. The molecule has 2 amide bonds. The maximum atomic E-state index is 13.2. The molecule has 2 aromatic carbocycles. The van der Waals surface area contributed by atoms with Crippen molar-refractivity contribution in [3.63, 3.8) is 0 Å². The van der Waals surface area contributed by atoms with E-state index in [2.05, 4.69) is 20.6 Å². The molecule has 10 nitrogen and oxygen atoms in total. The highest BCUT2D eigenvalue weighted by Crippen LogP contribution is 2.27. The molecule has 6 N–H and O–H groups in total. The van der Waals surface area contributed by atoms with Gasteiger partial charge in [-0.25, -0.2) is 9.79 Å². The van der Waals surface area contributed by atoms with E-state index in [1.807, 2.05) is 38.1 Å². The number of rotatable bonds is 5. The van der Waals surface area contributed by atoms with Crippen LogP contribution in [0.4, 0.5) is 20.1 Å². The van der Waals surface area contributed by atoms with Crippen LogP contribution in [0.5, 0.6) is 0 Å². The lowest BCUT2D eigenvalue weighted by Gasteiger charge is -2.38. The number of urea groups is 1. The first-order valence-electron chi connectivity index (χ1n) is 9.55. The van der Waals surface area contributed by atoms with Crippen LogP contribution in [0.3, 0.4) is 0 Å². The zero-order valence-electron chi connectivity index (χ0n) is 17.8. The van der Waals surface area contributed by atoms with Crippen molar-refractivity contribution in [2.75, 3.05) is 10.2 Å². The molecular formula is C20H24FN7O3S. The third-order valence-electron chi connectivity index (χ3n) is 4.74. The molecular weight excluding hydrogens is 437 g/mol. The lowest BCUT2D eigenvalue weighted by Crippen LogP contribution is -2.54. The van der Waals surface area contributed by atoms with Gasteiger partial charge in [-0.15, -0.1) is 3.89 Å². The van der Waals surface area contributed by atoms with Crippen LogP contribution in [0.1, 0.15) is 25.0 Å². The first-order chi connectivity index (χ1) is 14.9. The number of nitrogens with zero attached hydrogens (tertiary/aromatic N) is 3. The summed E-state index contributed by atoms with van der Waals surface area (Å²) in [7, 11) is -4.81. The summed E-state index contributed by atoms with van der Waals surface area (Å²) < 4.78 is 35.2. The van der Waals surface area contributed by atoms with E-state index in [1.165, 1.54) is 19.1 Å². The van der Waals surface area contributed by atoms with Gasteiger partial charge in [0.05, 0.1) is 0 Å². The van der Waals surface area contributed by atoms with Crippen molar-refractivity contribution >= 4 is 39.5 Å². The maximum Gasteiger partial charge on any atom is 0.332 e. The van der Waals surface area contributed by atoms with E-state index in [-0.39, 0.29) is 24.0 Å². The quantitative estimate of drug-likeness (QED) is 0.500. The summed E-state index contributed by atoms with van der Waals surface area (Å²) in [4.78, 5) is 21.8. The molecule has 0 radical (unpaired) electrons. The zero-order valence-corrected chi connectivity index (χ0v) is 18.6. The van der Waals surface area contributed by atoms with Crippen molar-refractivity contribution in [3.8, 4) is 0 Å². The summed E-state index contributed by atoms with van der Waals surface area (Å²) in [5.74, 6) is 0.348. The van der Waals surface area contributed by atoms with Gasteiger partial charge in [-0.05, 0) is 62.2 Å². The first-order valence-corrected chi connectivity index (χ1v) is 10.9. The first kappa shape index (κ1) is 23.0. The molecule has 1 aliphatic heterocycles. The number of carbonyl (C=O) groups is 1. The number of carbonyl (C=O) groups excluding carboxylic acids is 1. The van der Waals surface area contributed by atoms with Crippen molar-refractivity contribution < 1.29 is 17.1 Å². The van der Waals surface area contributed by atoms with E-state index in [4.69, 9.17) is 11.5 Å². The maximum absolute atomic E-state index is 13.2. The third-order valence-corrected chi connectivity index (χ3v) is 5.72. The number of nitrogens with one attached hydrogen (secondary N) is 2. The molecule has 0 saturated carbocycles. The van der Waals surface area contributed by atoms with Gasteiger partial charge < -0.3 is 22.1 Å². The van der Waals surface area contributed by atoms with Crippen molar-refractivity contribution in [2.24, 2.45) is 21.5 Å². The van der Waals surface area contributed by atoms with E-state index in [9.17, 15) is 17.1 Å². The number of aliphatic imine (C=N–C) groups is 2. The minimum atomic E-state index is -4.81. The Hall–Kier alpha value is -3.67. The molecule has 0 aliphatic carbocycles. The molecule has 0 unspecified atom stereocenters. The second-order valence-electron chi connectivity index (χ2n) is 7.66. The van der Waals surface area contributed by atoms with Gasteiger partial charge in [-0.1, -0.05) is 12.1 Å². The van der Waals surface area contributed by atoms with Gasteiger partial charge in [0.2, 0.25) is 11.9 Å². The van der Waals surface area contributed by atoms with Crippen LogP contribution in [0.25, 0.3) is 0 Å². The Balaban J connectivity index is 1.62. The Labute approximate surface area is 185 Å². The highest BCUT2D eigenvalue weighted by molar-refractivity contribution is 7.86. The zero-order chi connectivity index (χ0) is 23.7. The molecule has 1 aliphatic rings. The summed E-state index contributed by atoms with van der Waals surface area (Å²) in [6.07, 6.45) is 0. The molecule has 2 aromatic rings. The number of aryl methyl sites for hydroxylation is 1. The average Bonchev–Trinajstić information content (AvgIpc) is 2.65. The van der Waals surface area contributed by atoms with E-state index >= 15 is 0 Å². The van der Waals surface area contributed by atoms with Crippen molar-refractivity contribution in [1.82, 2.24) is 5.32 Å². The predicted octanol–water partition coefficient (Wildman–Crippen LogP) is 2.16. The monoisotopic (exact) mass is 461 g/mol. The number of hydrogen-bond acceptors (Lipinski definition) is 8. The van der Waals surface area contributed by atoms with E-state index in [1.54, 1.807) is 4.90 Å². The number of anilines is 2. The largest absolute Gasteiger partial charge is 0.369 e. The lowest BCUT2D eigenvalue weighted by atomic mass is 10.1. The molecule has 170 valence electrons. The van der Waals surface area contributed by atoms with Gasteiger partial charge in [-0.2, -0.15) is 13.4 Å². The summed E-state index contributed by atoms with van der Waals surface area (Å²) in [6.45, 7) is 5.40. The minimum Gasteiger partial charge on any atom is -0.369 e. The van der Waals surface area contributed by atoms with Crippen LogP contribution in [0.2, 0.25) is 0 Å². The van der Waals surface area contributed by atoms with Gasteiger partial charge >= 0.3 is 16.3 Å². The fraction of sp³-hybridized carbons (Fsp3) is 0.250. The standard InChI is InChI=1S/C20H24FN7O3S/c1-12-10-14(6-9-16(12)32(21,30)31)25-19(29)24-11-13-4-7-15(8-5-13)28-18(23)26-17(22)27-20(28,2)3/h4-10H,11H2,1-3H3,(H2,24,25,29)(H4,22,23,26,27). The van der Waals surface area contributed by atoms with Crippen molar-refractivity contribution in [1.29, 1.82) is 0 Å². The SMILES string of the molecule is Cc1cc(NC(=O)NCc2ccc(N3C(N)=NC(N)=NC3(C)C)cc2)ccc1S(=O)(=O)F. The Bertz CT molecular complexity index is 1210. The third kappa shape index (κ3) is 5.14. The molecule has 12 heteroatoms. The fourth-order valence-corrected chi connectivity index (χ4v) is 4.05. The number of halogens is 1. The van der Waals surface area contributed by atoms with Crippen LogP contribution in [-0.2, 0) is 16.8 Å². The number of benzene rings is 2. The average molecular weight is 462 g/mol. The summed E-state index contributed by atoms with van der Waals surface area (Å²) in [5.41, 5.74) is 13.1. The molecule has 0 atom stereocenters. The number of nitrogens with two attached hydrogens (primary N) is 2. The van der Waals surface area contributed by atoms with E-state index < -0.39 is 26.8 Å². The molecule has 0 fully saturated rings. The lowest BCUT2D eigenvalue weighted by molar-refractivity contribution is 0.251. The molecule has 32 heavy (non-hydrogen) atoms. The predicted molar refractivity (Wildman–Crippen MR) is 122 cm³/mol. The molecule has 0 spiro atoms. The van der Waals surface area contributed by atoms with Crippen LogP contribution in [-0.4, -0.2) is 32.0 Å². The Kier molecular flexibility index (Phi) is 6.08. The van der Waals surface area contributed by atoms with Crippen molar-refractivity contribution in [2.45, 2.75) is 37.9 Å². The second-order valence-corrected chi connectivity index (χ2v) is 8.98. The van der Waals surface area contributed by atoms with Crippen LogP contribution in [0.15, 0.2) is 57.3 Å². The van der Waals surface area contributed by atoms with E-state index in [0.29, 0.717) is 5.69 Å². The number of guanidine groups is 2. The molecule has 0 bridgehead atoms. The van der Waals surface area contributed by atoms with E-state index in [0.717, 1.165) is 17.3 Å². The summed E-state index contributed by atoms with van der Waals surface area (Å²) in [6, 6.07) is 10.6. The molecule has 1 heterocycles. The fourth-order valence-electron chi connectivity index (χ4n) is 3.37. The highest BCUT2D eigenvalue weighted by Gasteiger charge is 2.32. The Morgan fingerprint density at radius 3 is 2.38 bits per heavy atom.